The molecule has 1 fully saturated rings. The Bertz CT molecular complexity index is 1110. The minimum Gasteiger partial charge on any atom is -0.355 e. The van der Waals surface area contributed by atoms with E-state index >= 15 is 0 Å². The maximum Gasteiger partial charge on any atom is 0.276 e. The van der Waals surface area contributed by atoms with Crippen molar-refractivity contribution in [2.24, 2.45) is 0 Å². The molecule has 1 amide bonds. The van der Waals surface area contributed by atoms with Crippen molar-refractivity contribution in [1.29, 1.82) is 0 Å². The molecule has 1 N–H and O–H groups in total. The fourth-order valence-electron chi connectivity index (χ4n) is 2.94. The molecule has 2 aromatic heterocycles. The van der Waals surface area contributed by atoms with Gasteiger partial charge in [-0.05, 0) is 43.2 Å². The minimum absolute atomic E-state index is 0.0228. The highest BCUT2D eigenvalue weighted by Crippen LogP contribution is 2.25. The number of likely N-dealkylation sites (tertiary alicyclic amines) is 1. The van der Waals surface area contributed by atoms with Crippen LogP contribution in [0.25, 0.3) is 11.0 Å². The number of hydrogen-bond donors (Lipinski definition) is 1. The lowest BCUT2D eigenvalue weighted by atomic mass is 10.2. The smallest absolute Gasteiger partial charge is 0.276 e. The van der Waals surface area contributed by atoms with Crippen LogP contribution in [-0.4, -0.2) is 42.5 Å². The van der Waals surface area contributed by atoms with E-state index in [-0.39, 0.29) is 22.3 Å². The molecule has 1 aromatic carbocycles. The third kappa shape index (κ3) is 3.47. The molecule has 4 rings (SSSR count). The van der Waals surface area contributed by atoms with Crippen molar-refractivity contribution in [2.45, 2.75) is 17.7 Å². The van der Waals surface area contributed by atoms with Crippen molar-refractivity contribution >= 4 is 44.3 Å². The fraction of sp³-hybridized carbons (Fsp3) is 0.235. The molecule has 0 atom stereocenters. The van der Waals surface area contributed by atoms with Gasteiger partial charge in [0.1, 0.15) is 5.82 Å². The lowest BCUT2D eigenvalue weighted by molar-refractivity contribution is 0.0784. The Balaban J connectivity index is 1.68. The Morgan fingerprint density at radius 2 is 1.96 bits per heavy atom. The molecule has 140 valence electrons. The average molecular weight is 407 g/mol. The summed E-state index contributed by atoms with van der Waals surface area (Å²) in [6.45, 7) is 1.32. The number of aromatic nitrogens is 2. The molecule has 1 saturated heterocycles. The number of rotatable bonds is 4. The van der Waals surface area contributed by atoms with Gasteiger partial charge in [-0.3, -0.25) is 9.52 Å². The van der Waals surface area contributed by atoms with Crippen LogP contribution in [0.15, 0.2) is 45.9 Å². The summed E-state index contributed by atoms with van der Waals surface area (Å²) in [7, 11) is -3.91. The van der Waals surface area contributed by atoms with E-state index in [0.29, 0.717) is 29.1 Å². The molecular formula is C17H15ClN4O4S. The number of carbonyl (C=O) groups excluding carboxylic acids is 1. The predicted molar refractivity (Wildman–Crippen MR) is 99.2 cm³/mol. The van der Waals surface area contributed by atoms with Crippen molar-refractivity contribution < 1.29 is 17.7 Å². The molecule has 10 heteroatoms. The first-order valence-electron chi connectivity index (χ1n) is 8.27. The Kier molecular flexibility index (Phi) is 4.48. The maximum atomic E-state index is 12.7. The van der Waals surface area contributed by atoms with Crippen LogP contribution in [0.2, 0.25) is 5.02 Å². The molecule has 1 aliphatic heterocycles. The van der Waals surface area contributed by atoms with Crippen LogP contribution in [0.1, 0.15) is 23.3 Å². The Morgan fingerprint density at radius 1 is 1.19 bits per heavy atom. The van der Waals surface area contributed by atoms with E-state index in [1.165, 1.54) is 36.5 Å². The minimum atomic E-state index is -3.91. The number of pyridine rings is 1. The molecule has 3 aromatic rings. The number of halogens is 1. The summed E-state index contributed by atoms with van der Waals surface area (Å²) in [6.07, 6.45) is 3.23. The molecule has 0 saturated carbocycles. The van der Waals surface area contributed by atoms with Crippen LogP contribution in [0.5, 0.6) is 0 Å². The zero-order valence-corrected chi connectivity index (χ0v) is 15.6. The molecule has 27 heavy (non-hydrogen) atoms. The first-order valence-corrected chi connectivity index (χ1v) is 10.1. The number of nitrogens with zero attached hydrogens (tertiary/aromatic N) is 3. The van der Waals surface area contributed by atoms with Gasteiger partial charge < -0.3 is 9.42 Å². The molecule has 0 unspecified atom stereocenters. The van der Waals surface area contributed by atoms with Crippen LogP contribution >= 0.6 is 11.6 Å². The molecule has 1 aliphatic rings. The monoisotopic (exact) mass is 406 g/mol. The van der Waals surface area contributed by atoms with E-state index in [1.807, 2.05) is 0 Å². The third-order valence-electron chi connectivity index (χ3n) is 4.31. The van der Waals surface area contributed by atoms with Crippen LogP contribution < -0.4 is 4.72 Å². The zero-order valence-electron chi connectivity index (χ0n) is 14.1. The van der Waals surface area contributed by atoms with E-state index in [4.69, 9.17) is 16.1 Å². The summed E-state index contributed by atoms with van der Waals surface area (Å²) in [4.78, 5) is 18.2. The van der Waals surface area contributed by atoms with Gasteiger partial charge in [0, 0.05) is 19.3 Å². The highest BCUT2D eigenvalue weighted by molar-refractivity contribution is 7.92. The number of hydrogen-bond acceptors (Lipinski definition) is 6. The van der Waals surface area contributed by atoms with Crippen LogP contribution in [0.3, 0.4) is 0 Å². The number of anilines is 1. The summed E-state index contributed by atoms with van der Waals surface area (Å²) < 4.78 is 32.9. The second-order valence-corrected chi connectivity index (χ2v) is 8.27. The van der Waals surface area contributed by atoms with Crippen molar-refractivity contribution in [3.05, 3.63) is 47.2 Å². The van der Waals surface area contributed by atoms with E-state index in [0.717, 1.165) is 12.8 Å². The van der Waals surface area contributed by atoms with Crippen molar-refractivity contribution in [2.75, 3.05) is 17.8 Å². The van der Waals surface area contributed by atoms with Crippen LogP contribution in [0, 0.1) is 0 Å². The second-order valence-electron chi connectivity index (χ2n) is 6.16. The van der Waals surface area contributed by atoms with Gasteiger partial charge in [-0.15, -0.1) is 0 Å². The van der Waals surface area contributed by atoms with Crippen molar-refractivity contribution in [1.82, 2.24) is 15.0 Å². The fourth-order valence-corrected chi connectivity index (χ4v) is 4.09. The van der Waals surface area contributed by atoms with Gasteiger partial charge in [0.15, 0.2) is 11.3 Å². The number of fused-ring (bicyclic) bond motifs is 1. The molecule has 0 aliphatic carbocycles. The van der Waals surface area contributed by atoms with Gasteiger partial charge >= 0.3 is 0 Å². The van der Waals surface area contributed by atoms with E-state index < -0.39 is 10.0 Å². The van der Waals surface area contributed by atoms with Crippen LogP contribution in [-0.2, 0) is 10.0 Å². The van der Waals surface area contributed by atoms with E-state index in [9.17, 15) is 13.2 Å². The molecule has 0 spiro atoms. The number of amides is 1. The lowest BCUT2D eigenvalue weighted by Gasteiger charge is -2.13. The molecular weight excluding hydrogens is 392 g/mol. The first-order chi connectivity index (χ1) is 12.9. The van der Waals surface area contributed by atoms with Gasteiger partial charge in [-0.25, -0.2) is 13.4 Å². The zero-order chi connectivity index (χ0) is 19.0. The number of carbonyl (C=O) groups is 1. The van der Waals surface area contributed by atoms with Gasteiger partial charge in [0.2, 0.25) is 0 Å². The summed E-state index contributed by atoms with van der Waals surface area (Å²) in [5.41, 5.74) is 0.467. The van der Waals surface area contributed by atoms with Crippen molar-refractivity contribution in [3.63, 3.8) is 0 Å². The highest BCUT2D eigenvalue weighted by Gasteiger charge is 2.26. The van der Waals surface area contributed by atoms with E-state index in [2.05, 4.69) is 14.9 Å². The lowest BCUT2D eigenvalue weighted by Crippen LogP contribution is -2.28. The Labute approximate surface area is 160 Å². The van der Waals surface area contributed by atoms with Gasteiger partial charge in [0.25, 0.3) is 15.9 Å². The van der Waals surface area contributed by atoms with Gasteiger partial charge in [0.05, 0.1) is 15.3 Å². The standard InChI is InChI=1S/C17H15ClN4O4S/c18-11-3-6-15(19-10-11)21-27(24,25)12-4-5-14-13(9-12)16(20-26-14)17(23)22-7-1-2-8-22/h3-6,9-10H,1-2,7-8H2,(H,19,21). The third-order valence-corrected chi connectivity index (χ3v) is 5.89. The SMILES string of the molecule is O=C(c1noc2ccc(S(=O)(=O)Nc3ccc(Cl)cn3)cc12)N1CCCC1. The molecule has 8 nitrogen and oxygen atoms in total. The van der Waals surface area contributed by atoms with E-state index in [1.54, 1.807) is 4.90 Å². The first kappa shape index (κ1) is 17.7. The topological polar surface area (TPSA) is 105 Å². The maximum absolute atomic E-state index is 12.7. The average Bonchev–Trinajstić information content (AvgIpc) is 3.32. The Morgan fingerprint density at radius 3 is 2.67 bits per heavy atom. The highest BCUT2D eigenvalue weighted by atomic mass is 35.5. The normalized spacial score (nSPS) is 14.6. The van der Waals surface area contributed by atoms with Crippen LogP contribution in [0.4, 0.5) is 5.82 Å². The molecule has 0 bridgehead atoms. The Hall–Kier alpha value is -2.65. The quantitative estimate of drug-likeness (QED) is 0.714. The summed E-state index contributed by atoms with van der Waals surface area (Å²) in [5, 5.41) is 4.61. The molecule has 3 heterocycles. The number of benzene rings is 1. The molecule has 0 radical (unpaired) electrons. The summed E-state index contributed by atoms with van der Waals surface area (Å²) in [6, 6.07) is 7.23. The summed E-state index contributed by atoms with van der Waals surface area (Å²) in [5.74, 6) is -0.119. The number of nitrogens with one attached hydrogen (secondary N) is 1. The summed E-state index contributed by atoms with van der Waals surface area (Å²) >= 11 is 5.76. The largest absolute Gasteiger partial charge is 0.355 e. The predicted octanol–water partition coefficient (Wildman–Crippen LogP) is 2.91. The van der Waals surface area contributed by atoms with Crippen molar-refractivity contribution in [3.8, 4) is 0 Å². The van der Waals surface area contributed by atoms with Gasteiger partial charge in [-0.2, -0.15) is 0 Å². The second kappa shape index (κ2) is 6.82. The van der Waals surface area contributed by atoms with Gasteiger partial charge in [-0.1, -0.05) is 16.8 Å². The number of sulfonamides is 1.